The van der Waals surface area contributed by atoms with Gasteiger partial charge in [0.1, 0.15) is 12.1 Å². The van der Waals surface area contributed by atoms with Crippen molar-refractivity contribution >= 4 is 18.4 Å². The van der Waals surface area contributed by atoms with Crippen molar-refractivity contribution < 1.29 is 19.7 Å². The zero-order chi connectivity index (χ0) is 8.43. The van der Waals surface area contributed by atoms with E-state index >= 15 is 0 Å². The first-order valence-electron chi connectivity index (χ1n) is 3.34. The Bertz CT molecular complexity index is 166. The minimum atomic E-state index is -1.05. The summed E-state index contributed by atoms with van der Waals surface area (Å²) in [7, 11) is 1.24. The van der Waals surface area contributed by atoms with Crippen LogP contribution in [0.1, 0.15) is 0 Å². The van der Waals surface area contributed by atoms with Crippen LogP contribution < -0.4 is 5.32 Å². The predicted molar refractivity (Wildman–Crippen MR) is 43.1 cm³/mol. The van der Waals surface area contributed by atoms with E-state index in [2.05, 4.69) is 10.1 Å². The van der Waals surface area contributed by atoms with Crippen LogP contribution in [0.4, 0.5) is 0 Å². The van der Waals surface area contributed by atoms with E-state index in [9.17, 15) is 4.79 Å². The second-order valence-electron chi connectivity index (χ2n) is 2.47. The van der Waals surface area contributed by atoms with Gasteiger partial charge in [-0.25, -0.2) is 0 Å². The maximum absolute atomic E-state index is 10.8. The molecule has 6 heteroatoms. The van der Waals surface area contributed by atoms with E-state index in [4.69, 9.17) is 10.2 Å². The molecule has 5 nitrogen and oxygen atoms in total. The molecule has 0 aromatic carbocycles. The Hall–Kier alpha value is -0.360. The molecule has 3 atom stereocenters. The smallest absolute Gasteiger partial charge is 0.325 e. The number of aliphatic hydroxyl groups is 2. The van der Waals surface area contributed by atoms with Gasteiger partial charge >= 0.3 is 5.97 Å². The topological polar surface area (TPSA) is 78.8 Å². The summed E-state index contributed by atoms with van der Waals surface area (Å²) in [5.74, 6) is -0.547. The number of hydrogen-bond donors (Lipinski definition) is 3. The average molecular weight is 198 g/mol. The number of rotatable bonds is 1. The van der Waals surface area contributed by atoms with Gasteiger partial charge in [0.2, 0.25) is 0 Å². The second-order valence-corrected chi connectivity index (χ2v) is 2.47. The summed E-state index contributed by atoms with van der Waals surface area (Å²) in [6, 6.07) is -0.782. The van der Waals surface area contributed by atoms with Crippen LogP contribution in [-0.2, 0) is 9.53 Å². The van der Waals surface area contributed by atoms with Crippen LogP contribution in [0.3, 0.4) is 0 Å². The number of halogens is 1. The van der Waals surface area contributed by atoms with Crippen LogP contribution in [0.2, 0.25) is 0 Å². The van der Waals surface area contributed by atoms with Crippen LogP contribution in [0.15, 0.2) is 0 Å². The minimum Gasteiger partial charge on any atom is -0.468 e. The summed E-state index contributed by atoms with van der Waals surface area (Å²) in [5.41, 5.74) is 0. The minimum absolute atomic E-state index is 0. The maximum Gasteiger partial charge on any atom is 0.325 e. The van der Waals surface area contributed by atoms with E-state index in [1.54, 1.807) is 0 Å². The van der Waals surface area contributed by atoms with Gasteiger partial charge in [-0.2, -0.15) is 0 Å². The molecule has 0 saturated carbocycles. The fourth-order valence-corrected chi connectivity index (χ4v) is 1.06. The quantitative estimate of drug-likeness (QED) is 0.436. The highest BCUT2D eigenvalue weighted by Crippen LogP contribution is 2.08. The highest BCUT2D eigenvalue weighted by molar-refractivity contribution is 5.85. The molecule has 0 aromatic heterocycles. The molecule has 0 aromatic rings. The maximum atomic E-state index is 10.8. The van der Waals surface area contributed by atoms with E-state index in [1.807, 2.05) is 0 Å². The molecular formula is C6H12ClNO4. The second kappa shape index (κ2) is 4.61. The number of nitrogens with one attached hydrogen (secondary N) is 1. The van der Waals surface area contributed by atoms with Gasteiger partial charge in [-0.15, -0.1) is 12.4 Å². The predicted octanol–water partition coefficient (Wildman–Crippen LogP) is -1.73. The summed E-state index contributed by atoms with van der Waals surface area (Å²) in [6.45, 7) is 0.223. The van der Waals surface area contributed by atoms with Gasteiger partial charge in [0.15, 0.2) is 0 Å². The van der Waals surface area contributed by atoms with Crippen LogP contribution in [0.25, 0.3) is 0 Å². The highest BCUT2D eigenvalue weighted by atomic mass is 35.5. The Labute approximate surface area is 76.1 Å². The SMILES string of the molecule is COC(=O)[C@@H]1NC[C@@H](O)[C@H]1O.Cl. The number of esters is 1. The van der Waals surface area contributed by atoms with Crippen molar-refractivity contribution in [2.24, 2.45) is 0 Å². The zero-order valence-electron chi connectivity index (χ0n) is 6.56. The summed E-state index contributed by atoms with van der Waals surface area (Å²) in [4.78, 5) is 10.8. The summed E-state index contributed by atoms with van der Waals surface area (Å²) in [5, 5.41) is 20.8. The van der Waals surface area contributed by atoms with Crippen molar-refractivity contribution in [2.75, 3.05) is 13.7 Å². The highest BCUT2D eigenvalue weighted by Gasteiger charge is 2.38. The van der Waals surface area contributed by atoms with Crippen LogP contribution in [0.5, 0.6) is 0 Å². The Balaban J connectivity index is 0.00000121. The lowest BCUT2D eigenvalue weighted by Crippen LogP contribution is -2.40. The molecule has 0 bridgehead atoms. The molecule has 1 fully saturated rings. The number of aliphatic hydroxyl groups excluding tert-OH is 2. The molecular weight excluding hydrogens is 186 g/mol. The lowest BCUT2D eigenvalue weighted by molar-refractivity contribution is -0.145. The Morgan fingerprint density at radius 1 is 1.58 bits per heavy atom. The fraction of sp³-hybridized carbons (Fsp3) is 0.833. The number of carbonyl (C=O) groups excluding carboxylic acids is 1. The molecule has 72 valence electrons. The van der Waals surface area contributed by atoms with Crippen molar-refractivity contribution in [2.45, 2.75) is 18.2 Å². The summed E-state index contributed by atoms with van der Waals surface area (Å²) >= 11 is 0. The molecule has 1 heterocycles. The standard InChI is InChI=1S/C6H11NO4.ClH/c1-11-6(10)4-5(9)3(8)2-7-4;/h3-5,7-9H,2H2,1H3;1H/t3-,4-,5-;/m1./s1. The molecule has 0 aliphatic carbocycles. The number of carbonyl (C=O) groups is 1. The van der Waals surface area contributed by atoms with E-state index in [-0.39, 0.29) is 19.0 Å². The zero-order valence-corrected chi connectivity index (χ0v) is 7.37. The van der Waals surface area contributed by atoms with Crippen molar-refractivity contribution in [3.63, 3.8) is 0 Å². The number of methoxy groups -OCH3 is 1. The van der Waals surface area contributed by atoms with E-state index in [0.29, 0.717) is 0 Å². The molecule has 0 unspecified atom stereocenters. The number of hydrogen-bond acceptors (Lipinski definition) is 5. The van der Waals surface area contributed by atoms with Gasteiger partial charge in [0, 0.05) is 6.54 Å². The molecule has 12 heavy (non-hydrogen) atoms. The van der Waals surface area contributed by atoms with Gasteiger partial charge < -0.3 is 14.9 Å². The Morgan fingerprint density at radius 2 is 2.17 bits per heavy atom. The molecule has 0 spiro atoms. The first-order valence-corrected chi connectivity index (χ1v) is 3.34. The van der Waals surface area contributed by atoms with E-state index in [0.717, 1.165) is 0 Å². The normalized spacial score (nSPS) is 34.1. The lowest BCUT2D eigenvalue weighted by atomic mass is 10.1. The third kappa shape index (κ3) is 2.07. The Kier molecular flexibility index (Phi) is 4.47. The van der Waals surface area contributed by atoms with Gasteiger partial charge in [-0.05, 0) is 0 Å². The van der Waals surface area contributed by atoms with Gasteiger partial charge in [-0.1, -0.05) is 0 Å². The Morgan fingerprint density at radius 3 is 2.50 bits per heavy atom. The van der Waals surface area contributed by atoms with Crippen LogP contribution in [0, 0.1) is 0 Å². The largest absolute Gasteiger partial charge is 0.468 e. The summed E-state index contributed by atoms with van der Waals surface area (Å²) < 4.78 is 4.38. The number of β-amino-alcohol motifs (C(OH)–C–C–N with tert-alkyl or cyclic N) is 1. The average Bonchev–Trinajstić information content (AvgIpc) is 2.32. The van der Waals surface area contributed by atoms with Gasteiger partial charge in [0.25, 0.3) is 0 Å². The third-order valence-electron chi connectivity index (χ3n) is 1.74. The van der Waals surface area contributed by atoms with Crippen LogP contribution >= 0.6 is 12.4 Å². The summed E-state index contributed by atoms with van der Waals surface area (Å²) in [6.07, 6.45) is -1.93. The van der Waals surface area contributed by atoms with Crippen molar-refractivity contribution in [1.29, 1.82) is 0 Å². The molecule has 0 radical (unpaired) electrons. The van der Waals surface area contributed by atoms with Gasteiger partial charge in [0.05, 0.1) is 13.2 Å². The lowest BCUT2D eigenvalue weighted by Gasteiger charge is -2.12. The molecule has 3 N–H and O–H groups in total. The van der Waals surface area contributed by atoms with Crippen molar-refractivity contribution in [3.05, 3.63) is 0 Å². The van der Waals surface area contributed by atoms with Crippen molar-refractivity contribution in [3.8, 4) is 0 Å². The first-order chi connectivity index (χ1) is 5.16. The molecule has 1 aliphatic heterocycles. The molecule has 1 aliphatic rings. The monoisotopic (exact) mass is 197 g/mol. The van der Waals surface area contributed by atoms with Crippen LogP contribution in [-0.4, -0.2) is 48.1 Å². The molecule has 1 saturated heterocycles. The van der Waals surface area contributed by atoms with Crippen molar-refractivity contribution in [1.82, 2.24) is 5.32 Å². The molecule has 0 amide bonds. The van der Waals surface area contributed by atoms with Gasteiger partial charge in [-0.3, -0.25) is 10.1 Å². The number of ether oxygens (including phenoxy) is 1. The fourth-order valence-electron chi connectivity index (χ4n) is 1.06. The van der Waals surface area contributed by atoms with E-state index in [1.165, 1.54) is 7.11 Å². The van der Waals surface area contributed by atoms with E-state index < -0.39 is 24.2 Å². The first kappa shape index (κ1) is 11.6. The molecule has 1 rings (SSSR count). The third-order valence-corrected chi connectivity index (χ3v) is 1.74.